The van der Waals surface area contributed by atoms with Crippen LogP contribution in [0.25, 0.3) is 0 Å². The van der Waals surface area contributed by atoms with Gasteiger partial charge in [-0.3, -0.25) is 0 Å². The molecule has 112 valence electrons. The normalized spacial score (nSPS) is 35.0. The zero-order chi connectivity index (χ0) is 14.4. The van der Waals surface area contributed by atoms with Gasteiger partial charge in [0.25, 0.3) is 0 Å². The summed E-state index contributed by atoms with van der Waals surface area (Å²) in [4.78, 5) is 0. The molecule has 0 saturated heterocycles. The zero-order valence-corrected chi connectivity index (χ0v) is 13.5. The minimum Gasteiger partial charge on any atom is -0.508 e. The highest BCUT2D eigenvalue weighted by molar-refractivity contribution is 8.02. The molecule has 0 aliphatic heterocycles. The monoisotopic (exact) mass is 300 g/mol. The van der Waals surface area contributed by atoms with Crippen LogP contribution in [0, 0.1) is 23.7 Å². The minimum absolute atomic E-state index is 0.377. The first kappa shape index (κ1) is 13.8. The maximum Gasteiger partial charge on any atom is 0.115 e. The van der Waals surface area contributed by atoms with E-state index in [9.17, 15) is 5.11 Å². The highest BCUT2D eigenvalue weighted by atomic mass is 32.2. The molecule has 1 aromatic carbocycles. The van der Waals surface area contributed by atoms with E-state index in [0.29, 0.717) is 11.0 Å². The number of hydrogen-bond acceptors (Lipinski definition) is 2. The van der Waals surface area contributed by atoms with Gasteiger partial charge in [0.2, 0.25) is 0 Å². The second kappa shape index (κ2) is 5.39. The molecule has 1 N–H and O–H groups in total. The van der Waals surface area contributed by atoms with E-state index in [1.54, 1.807) is 11.6 Å². The molecule has 1 aromatic rings. The number of benzene rings is 1. The van der Waals surface area contributed by atoms with Gasteiger partial charge in [-0.1, -0.05) is 17.7 Å². The molecule has 4 bridgehead atoms. The van der Waals surface area contributed by atoms with Gasteiger partial charge in [0.05, 0.1) is 0 Å². The van der Waals surface area contributed by atoms with E-state index in [1.807, 2.05) is 23.9 Å². The third-order valence-corrected chi connectivity index (χ3v) is 6.92. The van der Waals surface area contributed by atoms with Crippen molar-refractivity contribution in [1.82, 2.24) is 0 Å². The van der Waals surface area contributed by atoms with E-state index in [0.717, 1.165) is 23.7 Å². The predicted molar refractivity (Wildman–Crippen MR) is 89.2 cm³/mol. The molecule has 2 heteroatoms. The molecule has 1 atom stereocenters. The lowest BCUT2D eigenvalue weighted by atomic mass is 9.54. The molecule has 4 fully saturated rings. The lowest BCUT2D eigenvalue weighted by Gasteiger charge is -2.51. The molecule has 0 aromatic heterocycles. The van der Waals surface area contributed by atoms with Crippen molar-refractivity contribution in [2.24, 2.45) is 23.7 Å². The van der Waals surface area contributed by atoms with Crippen molar-refractivity contribution in [2.75, 3.05) is 0 Å². The van der Waals surface area contributed by atoms with E-state index in [2.05, 4.69) is 18.4 Å². The number of aromatic hydroxyl groups is 1. The minimum atomic E-state index is 0.377. The Morgan fingerprint density at radius 3 is 2.38 bits per heavy atom. The van der Waals surface area contributed by atoms with Crippen LogP contribution in [0.5, 0.6) is 5.75 Å². The van der Waals surface area contributed by atoms with Crippen molar-refractivity contribution in [3.63, 3.8) is 0 Å². The number of phenols is 1. The van der Waals surface area contributed by atoms with Gasteiger partial charge < -0.3 is 5.11 Å². The fourth-order valence-corrected chi connectivity index (χ4v) is 6.01. The standard InChI is InChI=1S/C19H24OS/c1-12(15-3-2-4-18(20)10-15)21-11-19-16-6-13-5-14(8-16)9-17(19)7-13/h2-4,10-14,16-17,20H,5-9H2,1H3. The fourth-order valence-electron chi connectivity index (χ4n) is 4.96. The van der Waals surface area contributed by atoms with Crippen LogP contribution in [0.15, 0.2) is 35.2 Å². The largest absolute Gasteiger partial charge is 0.508 e. The maximum atomic E-state index is 9.62. The van der Waals surface area contributed by atoms with E-state index >= 15 is 0 Å². The Hall–Kier alpha value is -0.890. The first-order valence-electron chi connectivity index (χ1n) is 8.33. The molecule has 0 spiro atoms. The highest BCUT2D eigenvalue weighted by Gasteiger charge is 2.44. The lowest BCUT2D eigenvalue weighted by Crippen LogP contribution is -2.40. The Balaban J connectivity index is 1.48. The summed E-state index contributed by atoms with van der Waals surface area (Å²) in [5.74, 6) is 4.24. The molecule has 21 heavy (non-hydrogen) atoms. The Labute approximate surface area is 131 Å². The highest BCUT2D eigenvalue weighted by Crippen LogP contribution is 2.57. The number of thioether (sulfide) groups is 1. The van der Waals surface area contributed by atoms with Crippen molar-refractivity contribution < 1.29 is 5.11 Å². The molecule has 0 radical (unpaired) electrons. The summed E-state index contributed by atoms with van der Waals surface area (Å²) in [6.07, 6.45) is 7.35. The van der Waals surface area contributed by atoms with E-state index in [1.165, 1.54) is 37.7 Å². The predicted octanol–water partition coefficient (Wildman–Crippen LogP) is 5.53. The number of hydrogen-bond donors (Lipinski definition) is 1. The smallest absolute Gasteiger partial charge is 0.115 e. The number of allylic oxidation sites excluding steroid dienone is 1. The summed E-state index contributed by atoms with van der Waals surface area (Å²) in [6.45, 7) is 2.24. The molecular weight excluding hydrogens is 276 g/mol. The van der Waals surface area contributed by atoms with Crippen LogP contribution >= 0.6 is 11.8 Å². The topological polar surface area (TPSA) is 20.2 Å². The van der Waals surface area contributed by atoms with Crippen molar-refractivity contribution in [1.29, 1.82) is 0 Å². The van der Waals surface area contributed by atoms with Gasteiger partial charge in [0.15, 0.2) is 0 Å². The molecule has 1 unspecified atom stereocenters. The van der Waals surface area contributed by atoms with Crippen LogP contribution in [-0.2, 0) is 0 Å². The summed E-state index contributed by atoms with van der Waals surface area (Å²) < 4.78 is 0. The third-order valence-electron chi connectivity index (χ3n) is 5.83. The van der Waals surface area contributed by atoms with E-state index in [4.69, 9.17) is 0 Å². The fraction of sp³-hybridized carbons (Fsp3) is 0.579. The summed E-state index contributed by atoms with van der Waals surface area (Å²) >= 11 is 1.94. The summed E-state index contributed by atoms with van der Waals surface area (Å²) in [5, 5.41) is 12.5. The SMILES string of the molecule is CC(SC=C1C2CC3CC(C2)CC1C3)c1cccc(O)c1. The van der Waals surface area contributed by atoms with Gasteiger partial charge in [-0.15, -0.1) is 11.8 Å². The van der Waals surface area contributed by atoms with Gasteiger partial charge in [-0.05, 0) is 85.8 Å². The van der Waals surface area contributed by atoms with Gasteiger partial charge >= 0.3 is 0 Å². The van der Waals surface area contributed by atoms with Gasteiger partial charge in [-0.2, -0.15) is 0 Å². The maximum absolute atomic E-state index is 9.62. The van der Waals surface area contributed by atoms with Crippen LogP contribution in [0.4, 0.5) is 0 Å². The van der Waals surface area contributed by atoms with Gasteiger partial charge in [0.1, 0.15) is 5.75 Å². The molecule has 0 heterocycles. The van der Waals surface area contributed by atoms with Crippen LogP contribution in [-0.4, -0.2) is 5.11 Å². The Bertz CT molecular complexity index is 532. The number of phenolic OH excluding ortho intramolecular Hbond substituents is 1. The van der Waals surface area contributed by atoms with Crippen molar-refractivity contribution >= 4 is 11.8 Å². The molecule has 1 nitrogen and oxygen atoms in total. The summed E-state index contributed by atoms with van der Waals surface area (Å²) in [7, 11) is 0. The van der Waals surface area contributed by atoms with Crippen molar-refractivity contribution in [2.45, 2.75) is 44.3 Å². The molecule has 0 amide bonds. The van der Waals surface area contributed by atoms with E-state index in [-0.39, 0.29) is 0 Å². The number of rotatable bonds is 3. The molecule has 5 rings (SSSR count). The summed E-state index contributed by atoms with van der Waals surface area (Å²) in [5.41, 5.74) is 2.99. The van der Waals surface area contributed by atoms with E-state index < -0.39 is 0 Å². The molecule has 4 aliphatic carbocycles. The average Bonchev–Trinajstić information content (AvgIpc) is 2.45. The Morgan fingerprint density at radius 2 is 1.76 bits per heavy atom. The summed E-state index contributed by atoms with van der Waals surface area (Å²) in [6, 6.07) is 7.70. The zero-order valence-electron chi connectivity index (χ0n) is 12.7. The van der Waals surface area contributed by atoms with Crippen LogP contribution in [0.3, 0.4) is 0 Å². The van der Waals surface area contributed by atoms with Gasteiger partial charge in [-0.25, -0.2) is 0 Å². The average molecular weight is 300 g/mol. The third kappa shape index (κ3) is 2.63. The second-order valence-electron chi connectivity index (χ2n) is 7.30. The Morgan fingerprint density at radius 1 is 1.10 bits per heavy atom. The van der Waals surface area contributed by atoms with Crippen LogP contribution in [0.2, 0.25) is 0 Å². The van der Waals surface area contributed by atoms with Crippen LogP contribution in [0.1, 0.15) is 49.8 Å². The molecular formula is C19H24OS. The van der Waals surface area contributed by atoms with Crippen LogP contribution < -0.4 is 0 Å². The first-order chi connectivity index (χ1) is 10.2. The van der Waals surface area contributed by atoms with Gasteiger partial charge in [0, 0.05) is 5.25 Å². The molecule has 4 saturated carbocycles. The second-order valence-corrected chi connectivity index (χ2v) is 8.51. The first-order valence-corrected chi connectivity index (χ1v) is 9.27. The molecule has 4 aliphatic rings. The lowest BCUT2D eigenvalue weighted by molar-refractivity contribution is 0.0700. The quantitative estimate of drug-likeness (QED) is 0.792. The Kier molecular flexibility index (Phi) is 3.53. The van der Waals surface area contributed by atoms with Crippen molar-refractivity contribution in [3.8, 4) is 5.75 Å². The van der Waals surface area contributed by atoms with Crippen molar-refractivity contribution in [3.05, 3.63) is 40.8 Å².